The highest BCUT2D eigenvalue weighted by Crippen LogP contribution is 2.27. The van der Waals surface area contributed by atoms with Crippen LogP contribution in [0.3, 0.4) is 0 Å². The standard InChI is InChI=1S/C22H31N3O3.HI/c1-23-22(24-14-5-6-17-7-10-19(26-2)11-8-17)25-15-13-18-9-12-20(27-3)21(16-18)28-4;/h7-12,16H,5-6,13-15H2,1-4H3,(H2,23,24,25);1H. The highest BCUT2D eigenvalue weighted by molar-refractivity contribution is 14.0. The summed E-state index contributed by atoms with van der Waals surface area (Å²) in [5.41, 5.74) is 2.49. The molecular formula is C22H32IN3O3. The highest BCUT2D eigenvalue weighted by atomic mass is 127. The van der Waals surface area contributed by atoms with Crippen molar-refractivity contribution < 1.29 is 14.2 Å². The molecule has 0 spiro atoms. The Morgan fingerprint density at radius 3 is 2.07 bits per heavy atom. The molecule has 0 heterocycles. The summed E-state index contributed by atoms with van der Waals surface area (Å²) in [5, 5.41) is 6.71. The average molecular weight is 513 g/mol. The van der Waals surface area contributed by atoms with Crippen molar-refractivity contribution >= 4 is 29.9 Å². The topological polar surface area (TPSA) is 64.1 Å². The van der Waals surface area contributed by atoms with Crippen LogP contribution in [0.5, 0.6) is 17.2 Å². The predicted molar refractivity (Wildman–Crippen MR) is 129 cm³/mol. The second-order valence-corrected chi connectivity index (χ2v) is 6.32. The molecule has 0 aliphatic rings. The summed E-state index contributed by atoms with van der Waals surface area (Å²) in [6.07, 6.45) is 2.91. The molecule has 160 valence electrons. The van der Waals surface area contributed by atoms with Gasteiger partial charge in [0.1, 0.15) is 5.75 Å². The minimum Gasteiger partial charge on any atom is -0.497 e. The van der Waals surface area contributed by atoms with E-state index >= 15 is 0 Å². The van der Waals surface area contributed by atoms with Gasteiger partial charge in [0.15, 0.2) is 17.5 Å². The van der Waals surface area contributed by atoms with Crippen LogP contribution in [0, 0.1) is 0 Å². The van der Waals surface area contributed by atoms with Gasteiger partial charge in [0.05, 0.1) is 21.3 Å². The van der Waals surface area contributed by atoms with E-state index in [9.17, 15) is 0 Å². The lowest BCUT2D eigenvalue weighted by Crippen LogP contribution is -2.38. The molecule has 7 heteroatoms. The highest BCUT2D eigenvalue weighted by Gasteiger charge is 2.05. The summed E-state index contributed by atoms with van der Waals surface area (Å²) in [6.45, 7) is 1.65. The summed E-state index contributed by atoms with van der Waals surface area (Å²) >= 11 is 0. The van der Waals surface area contributed by atoms with Crippen LogP contribution in [-0.4, -0.2) is 47.4 Å². The van der Waals surface area contributed by atoms with Gasteiger partial charge in [-0.15, -0.1) is 24.0 Å². The van der Waals surface area contributed by atoms with Crippen LogP contribution in [0.4, 0.5) is 0 Å². The number of nitrogens with zero attached hydrogens (tertiary/aromatic N) is 1. The van der Waals surface area contributed by atoms with E-state index in [-0.39, 0.29) is 24.0 Å². The largest absolute Gasteiger partial charge is 0.497 e. The lowest BCUT2D eigenvalue weighted by molar-refractivity contribution is 0.354. The Bertz CT molecular complexity index is 751. The van der Waals surface area contributed by atoms with Crippen molar-refractivity contribution in [2.45, 2.75) is 19.3 Å². The molecule has 2 aromatic rings. The average Bonchev–Trinajstić information content (AvgIpc) is 2.75. The van der Waals surface area contributed by atoms with E-state index in [0.717, 1.165) is 55.6 Å². The number of hydrogen-bond donors (Lipinski definition) is 2. The SMILES string of the molecule is CN=C(NCCCc1ccc(OC)cc1)NCCc1ccc(OC)c(OC)c1.I. The van der Waals surface area contributed by atoms with Gasteiger partial charge in [0.25, 0.3) is 0 Å². The molecule has 0 radical (unpaired) electrons. The molecular weight excluding hydrogens is 481 g/mol. The fourth-order valence-corrected chi connectivity index (χ4v) is 2.87. The van der Waals surface area contributed by atoms with Crippen LogP contribution in [0.1, 0.15) is 17.5 Å². The fraction of sp³-hybridized carbons (Fsp3) is 0.409. The Balaban J connectivity index is 0.00000420. The van der Waals surface area contributed by atoms with E-state index < -0.39 is 0 Å². The Hall–Kier alpha value is -2.16. The molecule has 0 fully saturated rings. The Morgan fingerprint density at radius 2 is 1.45 bits per heavy atom. The number of halogens is 1. The summed E-state index contributed by atoms with van der Waals surface area (Å²) in [5.74, 6) is 3.20. The first-order chi connectivity index (χ1) is 13.7. The molecule has 0 saturated carbocycles. The second-order valence-electron chi connectivity index (χ2n) is 6.32. The number of guanidine groups is 1. The molecule has 0 atom stereocenters. The maximum absolute atomic E-state index is 5.35. The van der Waals surface area contributed by atoms with Crippen molar-refractivity contribution in [1.82, 2.24) is 10.6 Å². The van der Waals surface area contributed by atoms with E-state index in [4.69, 9.17) is 14.2 Å². The smallest absolute Gasteiger partial charge is 0.190 e. The molecule has 0 unspecified atom stereocenters. The summed E-state index contributed by atoms with van der Waals surface area (Å²) < 4.78 is 15.8. The first-order valence-electron chi connectivity index (χ1n) is 9.48. The zero-order valence-electron chi connectivity index (χ0n) is 17.7. The monoisotopic (exact) mass is 513 g/mol. The summed E-state index contributed by atoms with van der Waals surface area (Å²) in [6, 6.07) is 14.2. The molecule has 0 amide bonds. The van der Waals surface area contributed by atoms with Crippen molar-refractivity contribution in [3.63, 3.8) is 0 Å². The summed E-state index contributed by atoms with van der Waals surface area (Å²) in [7, 11) is 6.76. The third-order valence-corrected chi connectivity index (χ3v) is 4.47. The van der Waals surface area contributed by atoms with E-state index in [0.29, 0.717) is 0 Å². The van der Waals surface area contributed by atoms with Crippen molar-refractivity contribution in [1.29, 1.82) is 0 Å². The van der Waals surface area contributed by atoms with Crippen LogP contribution in [0.2, 0.25) is 0 Å². The second kappa shape index (κ2) is 13.9. The maximum atomic E-state index is 5.35. The number of ether oxygens (including phenoxy) is 3. The minimum absolute atomic E-state index is 0. The maximum Gasteiger partial charge on any atom is 0.190 e. The zero-order valence-corrected chi connectivity index (χ0v) is 20.0. The number of nitrogens with one attached hydrogen (secondary N) is 2. The Morgan fingerprint density at radius 1 is 0.793 bits per heavy atom. The number of methoxy groups -OCH3 is 3. The number of aliphatic imine (C=N–C) groups is 1. The summed E-state index contributed by atoms with van der Waals surface area (Å²) in [4.78, 5) is 4.28. The normalized spacial score (nSPS) is 10.7. The number of rotatable bonds is 10. The lowest BCUT2D eigenvalue weighted by atomic mass is 10.1. The van der Waals surface area contributed by atoms with Crippen molar-refractivity contribution in [2.24, 2.45) is 4.99 Å². The Kier molecular flexibility index (Phi) is 11.9. The Labute approximate surface area is 191 Å². The van der Waals surface area contributed by atoms with Crippen LogP contribution in [0.25, 0.3) is 0 Å². The molecule has 0 aliphatic carbocycles. The van der Waals surface area contributed by atoms with E-state index in [2.05, 4.69) is 27.8 Å². The van der Waals surface area contributed by atoms with Gasteiger partial charge in [0, 0.05) is 20.1 Å². The van der Waals surface area contributed by atoms with Crippen LogP contribution in [-0.2, 0) is 12.8 Å². The number of aryl methyl sites for hydroxylation is 1. The van der Waals surface area contributed by atoms with Crippen LogP contribution < -0.4 is 24.8 Å². The molecule has 2 aromatic carbocycles. The molecule has 0 aromatic heterocycles. The van der Waals surface area contributed by atoms with E-state index in [1.807, 2.05) is 30.3 Å². The third-order valence-electron chi connectivity index (χ3n) is 4.47. The molecule has 29 heavy (non-hydrogen) atoms. The lowest BCUT2D eigenvalue weighted by Gasteiger charge is -2.13. The van der Waals surface area contributed by atoms with Crippen LogP contribution in [0.15, 0.2) is 47.5 Å². The van der Waals surface area contributed by atoms with Crippen LogP contribution >= 0.6 is 24.0 Å². The van der Waals surface area contributed by atoms with E-state index in [1.54, 1.807) is 28.4 Å². The first kappa shape index (κ1) is 24.9. The number of hydrogen-bond acceptors (Lipinski definition) is 4. The van der Waals surface area contributed by atoms with Gasteiger partial charge in [-0.1, -0.05) is 18.2 Å². The van der Waals surface area contributed by atoms with Gasteiger partial charge in [-0.05, 0) is 54.7 Å². The molecule has 0 saturated heterocycles. The molecule has 6 nitrogen and oxygen atoms in total. The van der Waals surface area contributed by atoms with Gasteiger partial charge in [0.2, 0.25) is 0 Å². The van der Waals surface area contributed by atoms with Gasteiger partial charge in [-0.2, -0.15) is 0 Å². The van der Waals surface area contributed by atoms with Crippen molar-refractivity contribution in [2.75, 3.05) is 41.5 Å². The van der Waals surface area contributed by atoms with E-state index in [1.165, 1.54) is 11.1 Å². The van der Waals surface area contributed by atoms with Gasteiger partial charge in [-0.25, -0.2) is 0 Å². The molecule has 0 bridgehead atoms. The van der Waals surface area contributed by atoms with Gasteiger partial charge < -0.3 is 24.8 Å². The molecule has 2 N–H and O–H groups in total. The fourth-order valence-electron chi connectivity index (χ4n) is 2.87. The van der Waals surface area contributed by atoms with Crippen molar-refractivity contribution in [3.8, 4) is 17.2 Å². The number of benzene rings is 2. The first-order valence-corrected chi connectivity index (χ1v) is 9.48. The zero-order chi connectivity index (χ0) is 20.2. The van der Waals surface area contributed by atoms with Gasteiger partial charge in [-0.3, -0.25) is 4.99 Å². The molecule has 0 aliphatic heterocycles. The van der Waals surface area contributed by atoms with Gasteiger partial charge >= 0.3 is 0 Å². The third kappa shape index (κ3) is 8.39. The van der Waals surface area contributed by atoms with Crippen molar-refractivity contribution in [3.05, 3.63) is 53.6 Å². The quantitative estimate of drug-likeness (QED) is 0.220. The predicted octanol–water partition coefficient (Wildman–Crippen LogP) is 3.67. The minimum atomic E-state index is 0. The molecule has 2 rings (SSSR count).